The van der Waals surface area contributed by atoms with Gasteiger partial charge in [0.1, 0.15) is 0 Å². The first-order valence-electron chi connectivity index (χ1n) is 4.30. The molecular weight excluding hydrogens is 138 g/mol. The summed E-state index contributed by atoms with van der Waals surface area (Å²) in [7, 11) is 2.21. The monoisotopic (exact) mass is 151 g/mol. The van der Waals surface area contributed by atoms with Crippen molar-refractivity contribution < 1.29 is 0 Å². The zero-order valence-electron chi connectivity index (χ0n) is 6.82. The first-order chi connectivity index (χ1) is 5.31. The second-order valence-electron chi connectivity index (χ2n) is 4.02. The molecule has 1 spiro atoms. The van der Waals surface area contributed by atoms with E-state index < -0.39 is 0 Å². The number of piperazine rings is 1. The summed E-state index contributed by atoms with van der Waals surface area (Å²) in [6.07, 6.45) is 3.36. The number of aliphatic imine (C=N–C) groups is 1. The molecule has 0 aromatic carbocycles. The molecule has 1 saturated carbocycles. The fraction of sp³-hybridized carbons (Fsp3) is 0.875. The van der Waals surface area contributed by atoms with Crippen LogP contribution in [0.25, 0.3) is 0 Å². The van der Waals surface area contributed by atoms with E-state index in [4.69, 9.17) is 0 Å². The van der Waals surface area contributed by atoms with Crippen LogP contribution >= 0.6 is 0 Å². The maximum atomic E-state index is 4.45. The van der Waals surface area contributed by atoms with Gasteiger partial charge < -0.3 is 9.80 Å². The molecule has 0 aromatic rings. The van der Waals surface area contributed by atoms with Crippen LogP contribution in [-0.2, 0) is 0 Å². The van der Waals surface area contributed by atoms with Gasteiger partial charge in [-0.15, -0.1) is 0 Å². The van der Waals surface area contributed by atoms with Crippen molar-refractivity contribution in [3.8, 4) is 0 Å². The van der Waals surface area contributed by atoms with Crippen LogP contribution in [0.4, 0.5) is 0 Å². The molecule has 1 saturated heterocycles. The Morgan fingerprint density at radius 2 is 2.45 bits per heavy atom. The smallest absolute Gasteiger partial charge is 0.0860 e. The van der Waals surface area contributed by atoms with Crippen LogP contribution in [0.5, 0.6) is 0 Å². The molecule has 2 aliphatic heterocycles. The maximum Gasteiger partial charge on any atom is 0.0860 e. The van der Waals surface area contributed by atoms with Gasteiger partial charge in [0, 0.05) is 19.6 Å². The predicted molar refractivity (Wildman–Crippen MR) is 43.8 cm³/mol. The van der Waals surface area contributed by atoms with Gasteiger partial charge in [-0.1, -0.05) is 0 Å². The minimum atomic E-state index is 0.465. The average Bonchev–Trinajstić information content (AvgIpc) is 2.54. The first kappa shape index (κ1) is 6.00. The molecule has 0 bridgehead atoms. The Bertz CT molecular complexity index is 225. The summed E-state index contributed by atoms with van der Waals surface area (Å²) >= 11 is 0. The van der Waals surface area contributed by atoms with E-state index in [1.54, 1.807) is 0 Å². The van der Waals surface area contributed by atoms with E-state index in [9.17, 15) is 0 Å². The van der Waals surface area contributed by atoms with Crippen molar-refractivity contribution in [2.75, 3.05) is 26.7 Å². The van der Waals surface area contributed by atoms with E-state index in [2.05, 4.69) is 28.2 Å². The molecule has 3 heteroatoms. The number of hydrogen-bond acceptors (Lipinski definition) is 3. The lowest BCUT2D eigenvalue weighted by Crippen LogP contribution is -2.52. The Morgan fingerprint density at radius 3 is 3.27 bits per heavy atom. The lowest BCUT2D eigenvalue weighted by atomic mass is 10.1. The third-order valence-corrected chi connectivity index (χ3v) is 3.23. The second kappa shape index (κ2) is 1.61. The maximum absolute atomic E-state index is 4.45. The minimum Gasteiger partial charge on any atom is -0.352 e. The van der Waals surface area contributed by atoms with Crippen LogP contribution in [0, 0.1) is 0 Å². The average molecular weight is 151 g/mol. The van der Waals surface area contributed by atoms with Gasteiger partial charge in [0.15, 0.2) is 0 Å². The molecule has 2 atom stereocenters. The summed E-state index contributed by atoms with van der Waals surface area (Å²) in [5.74, 6) is 0. The Kier molecular flexibility index (Phi) is 0.876. The van der Waals surface area contributed by atoms with Crippen molar-refractivity contribution in [2.24, 2.45) is 4.99 Å². The quantitative estimate of drug-likeness (QED) is 0.477. The summed E-state index contributed by atoms with van der Waals surface area (Å²) in [5.41, 5.74) is 0.465. The van der Waals surface area contributed by atoms with Gasteiger partial charge in [0.25, 0.3) is 0 Å². The van der Waals surface area contributed by atoms with Crippen LogP contribution in [0.15, 0.2) is 4.99 Å². The lowest BCUT2D eigenvalue weighted by Gasteiger charge is -2.37. The zero-order valence-corrected chi connectivity index (χ0v) is 6.82. The van der Waals surface area contributed by atoms with Crippen LogP contribution in [0.3, 0.4) is 0 Å². The van der Waals surface area contributed by atoms with Gasteiger partial charge in [-0.2, -0.15) is 0 Å². The molecule has 3 rings (SSSR count). The molecule has 1 aliphatic carbocycles. The van der Waals surface area contributed by atoms with E-state index in [1.807, 2.05) is 0 Å². The third-order valence-electron chi connectivity index (χ3n) is 3.23. The molecule has 60 valence electrons. The van der Waals surface area contributed by atoms with E-state index in [0.717, 1.165) is 0 Å². The lowest BCUT2D eigenvalue weighted by molar-refractivity contribution is 0.144. The van der Waals surface area contributed by atoms with Gasteiger partial charge >= 0.3 is 0 Å². The number of rotatable bonds is 0. The van der Waals surface area contributed by atoms with Gasteiger partial charge in [-0.3, -0.25) is 4.99 Å². The van der Waals surface area contributed by atoms with Crippen molar-refractivity contribution in [1.29, 1.82) is 0 Å². The zero-order chi connectivity index (χ0) is 7.47. The van der Waals surface area contributed by atoms with Gasteiger partial charge in [0.2, 0.25) is 0 Å². The van der Waals surface area contributed by atoms with Crippen molar-refractivity contribution in [1.82, 2.24) is 9.80 Å². The molecule has 0 aromatic heterocycles. The molecule has 11 heavy (non-hydrogen) atoms. The van der Waals surface area contributed by atoms with Crippen LogP contribution < -0.4 is 0 Å². The molecule has 3 aliphatic rings. The van der Waals surface area contributed by atoms with Crippen molar-refractivity contribution in [3.05, 3.63) is 0 Å². The molecule has 0 N–H and O–H groups in total. The van der Waals surface area contributed by atoms with E-state index in [1.165, 1.54) is 26.1 Å². The Hall–Kier alpha value is -0.570. The topological polar surface area (TPSA) is 18.8 Å². The number of hydrogen-bond donors (Lipinski definition) is 0. The first-order valence-corrected chi connectivity index (χ1v) is 4.30. The van der Waals surface area contributed by atoms with E-state index in [-0.39, 0.29) is 0 Å². The SMILES string of the molecule is CN1CCN2C=NC3CC32C1. The normalized spacial score (nSPS) is 47.4. The minimum absolute atomic E-state index is 0.465. The number of likely N-dealkylation sites (N-methyl/N-ethyl adjacent to an activating group) is 1. The standard InChI is InChI=1S/C8H13N3/c1-10-2-3-11-6-9-7-4-8(7,11)5-10/h6-7H,2-5H2,1H3. The van der Waals surface area contributed by atoms with Crippen molar-refractivity contribution >= 4 is 6.34 Å². The van der Waals surface area contributed by atoms with Crippen molar-refractivity contribution in [3.63, 3.8) is 0 Å². The van der Waals surface area contributed by atoms with Gasteiger partial charge in [0.05, 0.1) is 17.9 Å². The number of nitrogens with zero attached hydrogens (tertiary/aromatic N) is 3. The molecule has 0 radical (unpaired) electrons. The second-order valence-corrected chi connectivity index (χ2v) is 4.02. The molecule has 2 fully saturated rings. The summed E-state index contributed by atoms with van der Waals surface area (Å²) in [6, 6.07) is 0.644. The summed E-state index contributed by atoms with van der Waals surface area (Å²) < 4.78 is 0. The highest BCUT2D eigenvalue weighted by Gasteiger charge is 2.62. The van der Waals surface area contributed by atoms with Gasteiger partial charge in [-0.05, 0) is 13.5 Å². The van der Waals surface area contributed by atoms with Crippen LogP contribution in [0.2, 0.25) is 0 Å². The molecular formula is C8H13N3. The fourth-order valence-corrected chi connectivity index (χ4v) is 2.42. The molecule has 2 heterocycles. The van der Waals surface area contributed by atoms with E-state index in [0.29, 0.717) is 11.6 Å². The van der Waals surface area contributed by atoms with Crippen LogP contribution in [0.1, 0.15) is 6.42 Å². The Balaban J connectivity index is 1.89. The van der Waals surface area contributed by atoms with Gasteiger partial charge in [-0.25, -0.2) is 0 Å². The summed E-state index contributed by atoms with van der Waals surface area (Å²) in [6.45, 7) is 3.59. The summed E-state index contributed by atoms with van der Waals surface area (Å²) in [4.78, 5) is 9.32. The highest BCUT2D eigenvalue weighted by molar-refractivity contribution is 5.64. The summed E-state index contributed by atoms with van der Waals surface area (Å²) in [5, 5.41) is 0. The molecule has 3 nitrogen and oxygen atoms in total. The fourth-order valence-electron chi connectivity index (χ4n) is 2.42. The van der Waals surface area contributed by atoms with E-state index >= 15 is 0 Å². The molecule has 2 unspecified atom stereocenters. The highest BCUT2D eigenvalue weighted by atomic mass is 15.4. The Morgan fingerprint density at radius 1 is 1.55 bits per heavy atom. The third kappa shape index (κ3) is 0.601. The van der Waals surface area contributed by atoms with Crippen LogP contribution in [-0.4, -0.2) is 54.4 Å². The molecule has 0 amide bonds. The Labute approximate surface area is 66.7 Å². The largest absolute Gasteiger partial charge is 0.352 e. The highest BCUT2D eigenvalue weighted by Crippen LogP contribution is 2.49. The van der Waals surface area contributed by atoms with Crippen molar-refractivity contribution in [2.45, 2.75) is 18.0 Å². The predicted octanol–water partition coefficient (Wildman–Crippen LogP) is -0.213.